The number of benzene rings is 1. The summed E-state index contributed by atoms with van der Waals surface area (Å²) in [5.74, 6) is -0.204. The van der Waals surface area contributed by atoms with E-state index in [2.05, 4.69) is 5.32 Å². The van der Waals surface area contributed by atoms with E-state index in [1.807, 2.05) is 6.07 Å². The Bertz CT molecular complexity index is 557. The van der Waals surface area contributed by atoms with Gasteiger partial charge >= 0.3 is 0 Å². The second kappa shape index (κ2) is 6.59. The highest BCUT2D eigenvalue weighted by atomic mass is 16.5. The first-order valence-corrected chi connectivity index (χ1v) is 6.23. The maximum Gasteiger partial charge on any atom is 0.266 e. The van der Waals surface area contributed by atoms with E-state index in [1.165, 1.54) is 12.3 Å². The van der Waals surface area contributed by atoms with Crippen molar-refractivity contribution >= 4 is 11.6 Å². The molecular weight excluding hydrogens is 258 g/mol. The fourth-order valence-electron chi connectivity index (χ4n) is 1.83. The normalized spacial score (nSPS) is 15.6. The zero-order chi connectivity index (χ0) is 14.4. The summed E-state index contributed by atoms with van der Waals surface area (Å²) in [6.07, 6.45) is 1.35. The molecule has 6 nitrogen and oxygen atoms in total. The lowest BCUT2D eigenvalue weighted by atomic mass is 10.2. The number of hydrogen-bond acceptors (Lipinski definition) is 5. The Morgan fingerprint density at radius 2 is 2.20 bits per heavy atom. The Labute approximate surface area is 116 Å². The Hall–Kier alpha value is -2.52. The van der Waals surface area contributed by atoms with Crippen molar-refractivity contribution in [3.63, 3.8) is 0 Å². The minimum absolute atomic E-state index is 0.0234. The summed E-state index contributed by atoms with van der Waals surface area (Å²) in [6.45, 7) is 1.96. The number of morpholine rings is 1. The van der Waals surface area contributed by atoms with Crippen LogP contribution in [0.2, 0.25) is 0 Å². The van der Waals surface area contributed by atoms with Crippen LogP contribution in [0.4, 0.5) is 5.69 Å². The molecule has 1 heterocycles. The summed E-state index contributed by atoms with van der Waals surface area (Å²) in [6, 6.07) is 8.33. The van der Waals surface area contributed by atoms with Gasteiger partial charge in [0.25, 0.3) is 5.91 Å². The Morgan fingerprint density at radius 3 is 2.85 bits per heavy atom. The molecule has 0 spiro atoms. The minimum atomic E-state index is -0.316. The van der Waals surface area contributed by atoms with E-state index in [9.17, 15) is 9.90 Å². The Kier molecular flexibility index (Phi) is 4.58. The van der Waals surface area contributed by atoms with Gasteiger partial charge in [0.2, 0.25) is 0 Å². The average molecular weight is 273 g/mol. The van der Waals surface area contributed by atoms with Crippen LogP contribution in [-0.4, -0.2) is 42.2 Å². The summed E-state index contributed by atoms with van der Waals surface area (Å²) in [5, 5.41) is 21.2. The van der Waals surface area contributed by atoms with Gasteiger partial charge in [-0.25, -0.2) is 0 Å². The molecule has 1 aliphatic heterocycles. The number of phenolic OH excluding ortho intramolecular Hbond substituents is 1. The predicted octanol–water partition coefficient (Wildman–Crippen LogP) is 1.07. The maximum absolute atomic E-state index is 12.1. The molecule has 0 atom stereocenters. The first-order valence-electron chi connectivity index (χ1n) is 6.23. The topological polar surface area (TPSA) is 85.6 Å². The van der Waals surface area contributed by atoms with Gasteiger partial charge in [-0.1, -0.05) is 6.07 Å². The standard InChI is InChI=1S/C14H15N3O3/c15-9-11(14(19)17-4-6-20-7-5-17)10-16-12-2-1-3-13(18)8-12/h1-3,8,10,16,18H,4-7H2/b11-10-. The minimum Gasteiger partial charge on any atom is -0.508 e. The molecule has 0 radical (unpaired) electrons. The molecule has 104 valence electrons. The van der Waals surface area contributed by atoms with E-state index >= 15 is 0 Å². The largest absolute Gasteiger partial charge is 0.508 e. The van der Waals surface area contributed by atoms with Crippen LogP contribution in [-0.2, 0) is 9.53 Å². The molecular formula is C14H15N3O3. The molecule has 0 bridgehead atoms. The van der Waals surface area contributed by atoms with Crippen molar-refractivity contribution in [1.82, 2.24) is 4.90 Å². The molecule has 1 saturated heterocycles. The molecule has 0 saturated carbocycles. The van der Waals surface area contributed by atoms with Crippen LogP contribution in [0.1, 0.15) is 0 Å². The monoisotopic (exact) mass is 273 g/mol. The summed E-state index contributed by atoms with van der Waals surface area (Å²) in [4.78, 5) is 13.7. The van der Waals surface area contributed by atoms with Crippen LogP contribution in [0.15, 0.2) is 36.0 Å². The number of anilines is 1. The number of nitrogens with one attached hydrogen (secondary N) is 1. The molecule has 1 aliphatic rings. The third kappa shape index (κ3) is 3.49. The fraction of sp³-hybridized carbons (Fsp3) is 0.286. The van der Waals surface area contributed by atoms with E-state index in [0.29, 0.717) is 32.0 Å². The number of phenols is 1. The van der Waals surface area contributed by atoms with E-state index < -0.39 is 0 Å². The predicted molar refractivity (Wildman–Crippen MR) is 72.8 cm³/mol. The number of carbonyl (C=O) groups is 1. The quantitative estimate of drug-likeness (QED) is 0.635. The lowest BCUT2D eigenvalue weighted by molar-refractivity contribution is -0.130. The third-order valence-electron chi connectivity index (χ3n) is 2.88. The van der Waals surface area contributed by atoms with Gasteiger partial charge in [-0.15, -0.1) is 0 Å². The summed E-state index contributed by atoms with van der Waals surface area (Å²) in [7, 11) is 0. The molecule has 1 fully saturated rings. The second-order valence-electron chi connectivity index (χ2n) is 4.27. The highest BCUT2D eigenvalue weighted by Crippen LogP contribution is 2.16. The zero-order valence-corrected chi connectivity index (χ0v) is 10.9. The summed E-state index contributed by atoms with van der Waals surface area (Å²) in [5.41, 5.74) is 0.628. The number of amides is 1. The van der Waals surface area contributed by atoms with Crippen LogP contribution in [0.25, 0.3) is 0 Å². The molecule has 1 amide bonds. The number of nitrogens with zero attached hydrogens (tertiary/aromatic N) is 2. The van der Waals surface area contributed by atoms with E-state index in [0.717, 1.165) is 0 Å². The van der Waals surface area contributed by atoms with Crippen molar-refractivity contribution in [2.75, 3.05) is 31.6 Å². The van der Waals surface area contributed by atoms with Crippen molar-refractivity contribution in [2.24, 2.45) is 0 Å². The number of rotatable bonds is 3. The lowest BCUT2D eigenvalue weighted by Gasteiger charge is -2.26. The van der Waals surface area contributed by atoms with Gasteiger partial charge in [0.1, 0.15) is 17.4 Å². The van der Waals surface area contributed by atoms with Crippen LogP contribution >= 0.6 is 0 Å². The molecule has 0 aliphatic carbocycles. The molecule has 0 unspecified atom stereocenters. The number of nitriles is 1. The lowest BCUT2D eigenvalue weighted by Crippen LogP contribution is -2.41. The molecule has 2 N–H and O–H groups in total. The molecule has 20 heavy (non-hydrogen) atoms. The highest BCUT2D eigenvalue weighted by molar-refractivity contribution is 5.97. The van der Waals surface area contributed by atoms with Gasteiger partial charge in [-0.2, -0.15) is 5.26 Å². The Balaban J connectivity index is 2.05. The highest BCUT2D eigenvalue weighted by Gasteiger charge is 2.20. The molecule has 1 aromatic rings. The molecule has 2 rings (SSSR count). The number of ether oxygens (including phenoxy) is 1. The van der Waals surface area contributed by atoms with E-state index in [4.69, 9.17) is 10.00 Å². The molecule has 1 aromatic carbocycles. The van der Waals surface area contributed by atoms with Crippen molar-refractivity contribution in [3.05, 3.63) is 36.0 Å². The van der Waals surface area contributed by atoms with Crippen LogP contribution in [0, 0.1) is 11.3 Å². The second-order valence-corrected chi connectivity index (χ2v) is 4.27. The maximum atomic E-state index is 12.1. The van der Waals surface area contributed by atoms with Crippen LogP contribution in [0.3, 0.4) is 0 Å². The number of carbonyl (C=O) groups excluding carboxylic acids is 1. The zero-order valence-electron chi connectivity index (χ0n) is 10.9. The van der Waals surface area contributed by atoms with Gasteiger partial charge in [-0.3, -0.25) is 4.79 Å². The molecule has 0 aromatic heterocycles. The van der Waals surface area contributed by atoms with Gasteiger partial charge in [0.05, 0.1) is 13.2 Å². The fourth-order valence-corrected chi connectivity index (χ4v) is 1.83. The van der Waals surface area contributed by atoms with Gasteiger partial charge in [-0.05, 0) is 12.1 Å². The molecule has 6 heteroatoms. The summed E-state index contributed by atoms with van der Waals surface area (Å²) < 4.78 is 5.17. The van der Waals surface area contributed by atoms with Crippen LogP contribution in [0.5, 0.6) is 5.75 Å². The summed E-state index contributed by atoms with van der Waals surface area (Å²) >= 11 is 0. The number of hydrogen-bond donors (Lipinski definition) is 2. The average Bonchev–Trinajstić information content (AvgIpc) is 2.48. The van der Waals surface area contributed by atoms with Crippen molar-refractivity contribution < 1.29 is 14.6 Å². The van der Waals surface area contributed by atoms with Crippen molar-refractivity contribution in [3.8, 4) is 11.8 Å². The SMILES string of the molecule is N#C/C(=C/Nc1cccc(O)c1)C(=O)N1CCOCC1. The first-order chi connectivity index (χ1) is 9.70. The number of aromatic hydroxyl groups is 1. The van der Waals surface area contributed by atoms with Gasteiger partial charge in [0.15, 0.2) is 0 Å². The van der Waals surface area contributed by atoms with E-state index in [-0.39, 0.29) is 17.2 Å². The van der Waals surface area contributed by atoms with Gasteiger partial charge in [0, 0.05) is 31.0 Å². The Morgan fingerprint density at radius 1 is 1.45 bits per heavy atom. The van der Waals surface area contributed by atoms with E-state index in [1.54, 1.807) is 23.1 Å². The van der Waals surface area contributed by atoms with Crippen LogP contribution < -0.4 is 5.32 Å². The van der Waals surface area contributed by atoms with Crippen molar-refractivity contribution in [1.29, 1.82) is 5.26 Å². The smallest absolute Gasteiger partial charge is 0.266 e. The van der Waals surface area contributed by atoms with Gasteiger partial charge < -0.3 is 20.1 Å². The third-order valence-corrected chi connectivity index (χ3v) is 2.88. The first kappa shape index (κ1) is 13.9. The van der Waals surface area contributed by atoms with Crippen molar-refractivity contribution in [2.45, 2.75) is 0 Å².